The fraction of sp³-hybridized carbons (Fsp3) is 0.400. The molecule has 74 valence electrons. The number of esters is 1. The first-order chi connectivity index (χ1) is 6.81. The van der Waals surface area contributed by atoms with Gasteiger partial charge in [-0.15, -0.1) is 0 Å². The van der Waals surface area contributed by atoms with Gasteiger partial charge >= 0.3 is 5.97 Å². The number of hydrogen-bond acceptors (Lipinski definition) is 4. The highest BCUT2D eigenvalue weighted by Crippen LogP contribution is 2.21. The molecule has 1 aliphatic heterocycles. The molecule has 4 heteroatoms. The second kappa shape index (κ2) is 3.75. The molecule has 0 unspecified atom stereocenters. The third-order valence-corrected chi connectivity index (χ3v) is 2.41. The van der Waals surface area contributed by atoms with Crippen molar-refractivity contribution in [3.63, 3.8) is 0 Å². The summed E-state index contributed by atoms with van der Waals surface area (Å²) in [7, 11) is 1.35. The van der Waals surface area contributed by atoms with E-state index in [9.17, 15) is 4.79 Å². The summed E-state index contributed by atoms with van der Waals surface area (Å²) in [5.41, 5.74) is 1.49. The average molecular weight is 192 g/mol. The van der Waals surface area contributed by atoms with Gasteiger partial charge in [-0.25, -0.2) is 9.78 Å². The Morgan fingerprint density at radius 3 is 2.86 bits per heavy atom. The molecule has 0 amide bonds. The molecule has 0 bridgehead atoms. The summed E-state index contributed by atoms with van der Waals surface area (Å²) in [6.07, 6.45) is 2.86. The van der Waals surface area contributed by atoms with Crippen molar-refractivity contribution in [3.8, 4) is 0 Å². The number of carbonyl (C=O) groups is 1. The molecular formula is C10H12N2O2. The summed E-state index contributed by atoms with van der Waals surface area (Å²) in [5.74, 6) is -0.391. The predicted molar refractivity (Wildman–Crippen MR) is 50.9 cm³/mol. The molecule has 1 fully saturated rings. The van der Waals surface area contributed by atoms with Crippen LogP contribution in [0.5, 0.6) is 0 Å². The summed E-state index contributed by atoms with van der Waals surface area (Å²) in [4.78, 5) is 15.1. The van der Waals surface area contributed by atoms with Crippen LogP contribution in [0.2, 0.25) is 0 Å². The number of nitrogens with zero attached hydrogens (tertiary/aromatic N) is 1. The normalized spacial score (nSPS) is 19.9. The van der Waals surface area contributed by atoms with E-state index in [0.717, 1.165) is 18.5 Å². The van der Waals surface area contributed by atoms with Crippen LogP contribution >= 0.6 is 0 Å². The average Bonchev–Trinajstić information content (AvgIpc) is 2.15. The Morgan fingerprint density at radius 1 is 1.64 bits per heavy atom. The Hall–Kier alpha value is -1.42. The van der Waals surface area contributed by atoms with Crippen molar-refractivity contribution in [2.75, 3.05) is 13.7 Å². The third-order valence-electron chi connectivity index (χ3n) is 2.41. The van der Waals surface area contributed by atoms with Gasteiger partial charge in [0.1, 0.15) is 5.69 Å². The summed E-state index contributed by atoms with van der Waals surface area (Å²) in [6, 6.07) is 4.02. The van der Waals surface area contributed by atoms with E-state index in [4.69, 9.17) is 0 Å². The van der Waals surface area contributed by atoms with Gasteiger partial charge in [0.05, 0.1) is 7.11 Å². The van der Waals surface area contributed by atoms with Gasteiger partial charge in [0, 0.05) is 12.2 Å². The molecule has 1 aliphatic rings. The number of rotatable bonds is 2. The largest absolute Gasteiger partial charge is 0.464 e. The Labute approximate surface area is 82.3 Å². The molecule has 2 rings (SSSR count). The minimum absolute atomic E-state index is 0.357. The highest BCUT2D eigenvalue weighted by atomic mass is 16.5. The van der Waals surface area contributed by atoms with E-state index in [0.29, 0.717) is 11.7 Å². The number of ether oxygens (including phenoxy) is 1. The van der Waals surface area contributed by atoms with Gasteiger partial charge in [-0.05, 0) is 24.6 Å². The van der Waals surface area contributed by atoms with Crippen LogP contribution < -0.4 is 5.32 Å². The molecule has 1 atom stereocenters. The number of nitrogens with one attached hydrogen (secondary N) is 1. The molecule has 1 aromatic heterocycles. The van der Waals surface area contributed by atoms with Gasteiger partial charge in [0.2, 0.25) is 0 Å². The lowest BCUT2D eigenvalue weighted by atomic mass is 10.00. The van der Waals surface area contributed by atoms with Gasteiger partial charge < -0.3 is 10.1 Å². The molecular weight excluding hydrogens is 180 g/mol. The van der Waals surface area contributed by atoms with Gasteiger partial charge in [0.25, 0.3) is 0 Å². The molecule has 0 aliphatic carbocycles. The highest BCUT2D eigenvalue weighted by Gasteiger charge is 2.18. The minimum atomic E-state index is -0.391. The van der Waals surface area contributed by atoms with Crippen LogP contribution in [-0.2, 0) is 4.74 Å². The molecule has 1 N–H and O–H groups in total. The molecule has 1 saturated heterocycles. The monoisotopic (exact) mass is 192 g/mol. The van der Waals surface area contributed by atoms with Gasteiger partial charge in [-0.1, -0.05) is 6.07 Å². The van der Waals surface area contributed by atoms with E-state index < -0.39 is 5.97 Å². The highest BCUT2D eigenvalue weighted by molar-refractivity contribution is 5.86. The quantitative estimate of drug-likeness (QED) is 0.707. The van der Waals surface area contributed by atoms with Crippen LogP contribution in [0.15, 0.2) is 18.3 Å². The van der Waals surface area contributed by atoms with E-state index in [1.165, 1.54) is 7.11 Å². The van der Waals surface area contributed by atoms with Crippen LogP contribution in [0.1, 0.15) is 28.5 Å². The maximum absolute atomic E-state index is 11.1. The van der Waals surface area contributed by atoms with Crippen molar-refractivity contribution in [1.29, 1.82) is 0 Å². The van der Waals surface area contributed by atoms with Gasteiger partial charge in [-0.3, -0.25) is 0 Å². The summed E-state index contributed by atoms with van der Waals surface area (Å²) >= 11 is 0. The first-order valence-corrected chi connectivity index (χ1v) is 4.59. The Morgan fingerprint density at radius 2 is 2.43 bits per heavy atom. The zero-order valence-corrected chi connectivity index (χ0v) is 7.99. The van der Waals surface area contributed by atoms with Crippen LogP contribution in [0.4, 0.5) is 0 Å². The number of hydrogen-bond donors (Lipinski definition) is 1. The van der Waals surface area contributed by atoms with Gasteiger partial charge in [-0.2, -0.15) is 0 Å². The second-order valence-electron chi connectivity index (χ2n) is 3.26. The van der Waals surface area contributed by atoms with Crippen LogP contribution in [0.25, 0.3) is 0 Å². The maximum atomic E-state index is 11.1. The Balaban J connectivity index is 2.13. The lowest BCUT2D eigenvalue weighted by Gasteiger charge is -2.27. The number of carbonyl (C=O) groups excluding carboxylic acids is 1. The van der Waals surface area contributed by atoms with Crippen LogP contribution in [-0.4, -0.2) is 24.6 Å². The minimum Gasteiger partial charge on any atom is -0.464 e. The Bertz CT molecular complexity index is 330. The van der Waals surface area contributed by atoms with Crippen molar-refractivity contribution >= 4 is 5.97 Å². The number of methoxy groups -OCH3 is 1. The van der Waals surface area contributed by atoms with Crippen LogP contribution in [0, 0.1) is 0 Å². The molecule has 0 spiro atoms. The van der Waals surface area contributed by atoms with E-state index in [1.807, 2.05) is 6.07 Å². The van der Waals surface area contributed by atoms with Crippen molar-refractivity contribution in [3.05, 3.63) is 29.6 Å². The second-order valence-corrected chi connectivity index (χ2v) is 3.26. The fourth-order valence-electron chi connectivity index (χ4n) is 1.41. The standard InChI is InChI=1S/C10H12N2O2/c1-14-10(13)9-3-2-7(6-12-9)8-4-5-11-8/h2-3,6,8,11H,4-5H2,1H3/t8-/m1/s1. The maximum Gasteiger partial charge on any atom is 0.356 e. The van der Waals surface area contributed by atoms with E-state index >= 15 is 0 Å². The first kappa shape index (κ1) is 9.15. The van der Waals surface area contributed by atoms with Gasteiger partial charge in [0.15, 0.2) is 0 Å². The topological polar surface area (TPSA) is 51.2 Å². The molecule has 14 heavy (non-hydrogen) atoms. The smallest absolute Gasteiger partial charge is 0.356 e. The van der Waals surface area contributed by atoms with E-state index in [2.05, 4.69) is 15.0 Å². The molecule has 4 nitrogen and oxygen atoms in total. The van der Waals surface area contributed by atoms with Crippen molar-refractivity contribution in [2.45, 2.75) is 12.5 Å². The lowest BCUT2D eigenvalue weighted by molar-refractivity contribution is 0.0594. The molecule has 1 aromatic rings. The molecule has 0 saturated carbocycles. The van der Waals surface area contributed by atoms with E-state index in [-0.39, 0.29) is 0 Å². The van der Waals surface area contributed by atoms with Crippen LogP contribution in [0.3, 0.4) is 0 Å². The number of aromatic nitrogens is 1. The fourth-order valence-corrected chi connectivity index (χ4v) is 1.41. The first-order valence-electron chi connectivity index (χ1n) is 4.59. The Kier molecular flexibility index (Phi) is 2.45. The molecule has 2 heterocycles. The molecule has 0 radical (unpaired) electrons. The summed E-state index contributed by atoms with van der Waals surface area (Å²) in [5, 5.41) is 3.27. The van der Waals surface area contributed by atoms with Crippen molar-refractivity contribution in [2.24, 2.45) is 0 Å². The van der Waals surface area contributed by atoms with E-state index in [1.54, 1.807) is 12.3 Å². The molecule has 0 aromatic carbocycles. The zero-order valence-electron chi connectivity index (χ0n) is 7.99. The van der Waals surface area contributed by atoms with Crippen molar-refractivity contribution < 1.29 is 9.53 Å². The lowest BCUT2D eigenvalue weighted by Crippen LogP contribution is -2.35. The SMILES string of the molecule is COC(=O)c1ccc([C@H]2CCN2)cn1. The predicted octanol–water partition coefficient (Wildman–Crippen LogP) is 0.903. The number of pyridine rings is 1. The zero-order chi connectivity index (χ0) is 9.97. The third kappa shape index (κ3) is 1.61. The summed E-state index contributed by atoms with van der Waals surface area (Å²) < 4.78 is 4.56. The summed E-state index contributed by atoms with van der Waals surface area (Å²) in [6.45, 7) is 1.06. The van der Waals surface area contributed by atoms with Crippen molar-refractivity contribution in [1.82, 2.24) is 10.3 Å².